The molecule has 1 aliphatic heterocycles. The molecule has 0 radical (unpaired) electrons. The SMILES string of the molecule is CC1CCCN1CCOc1ccc(-c2nc(CC(=O)O)co2)cc1. The fourth-order valence-corrected chi connectivity index (χ4v) is 2.98. The average molecular weight is 330 g/mol. The lowest BCUT2D eigenvalue weighted by atomic mass is 10.2. The van der Waals surface area contributed by atoms with Gasteiger partial charge in [-0.15, -0.1) is 0 Å². The van der Waals surface area contributed by atoms with E-state index in [9.17, 15) is 4.79 Å². The molecule has 1 unspecified atom stereocenters. The molecule has 0 aliphatic carbocycles. The maximum absolute atomic E-state index is 10.7. The van der Waals surface area contributed by atoms with Crippen molar-refractivity contribution in [3.63, 3.8) is 0 Å². The fraction of sp³-hybridized carbons (Fsp3) is 0.444. The number of nitrogens with zero attached hydrogens (tertiary/aromatic N) is 2. The zero-order chi connectivity index (χ0) is 16.9. The van der Waals surface area contributed by atoms with Gasteiger partial charge in [0.05, 0.1) is 12.1 Å². The molecule has 1 aliphatic rings. The monoisotopic (exact) mass is 330 g/mol. The average Bonchev–Trinajstić information content (AvgIpc) is 3.17. The number of carbonyl (C=O) groups is 1. The van der Waals surface area contributed by atoms with E-state index < -0.39 is 5.97 Å². The van der Waals surface area contributed by atoms with Gasteiger partial charge in [0.2, 0.25) is 5.89 Å². The first kappa shape index (κ1) is 16.5. The van der Waals surface area contributed by atoms with Gasteiger partial charge in [-0.05, 0) is 50.6 Å². The number of likely N-dealkylation sites (tertiary alicyclic amines) is 1. The van der Waals surface area contributed by atoms with E-state index in [0.29, 0.717) is 24.2 Å². The minimum Gasteiger partial charge on any atom is -0.492 e. The molecular formula is C18H22N2O4. The predicted molar refractivity (Wildman–Crippen MR) is 89.0 cm³/mol. The minimum atomic E-state index is -0.925. The molecule has 1 atom stereocenters. The summed E-state index contributed by atoms with van der Waals surface area (Å²) in [5, 5.41) is 8.76. The number of rotatable bonds is 7. The molecule has 1 N–H and O–H groups in total. The largest absolute Gasteiger partial charge is 0.492 e. The second-order valence-electron chi connectivity index (χ2n) is 6.11. The number of aliphatic carboxylic acids is 1. The molecule has 2 heterocycles. The molecule has 128 valence electrons. The number of aromatic nitrogens is 1. The first-order chi connectivity index (χ1) is 11.6. The number of carboxylic acids is 1. The third-order valence-electron chi connectivity index (χ3n) is 4.32. The summed E-state index contributed by atoms with van der Waals surface area (Å²) in [6, 6.07) is 8.14. The highest BCUT2D eigenvalue weighted by Gasteiger charge is 2.19. The number of hydrogen-bond donors (Lipinski definition) is 1. The van der Waals surface area contributed by atoms with Crippen molar-refractivity contribution in [2.75, 3.05) is 19.7 Å². The van der Waals surface area contributed by atoms with Crippen molar-refractivity contribution in [2.24, 2.45) is 0 Å². The van der Waals surface area contributed by atoms with E-state index in [-0.39, 0.29) is 6.42 Å². The Morgan fingerprint density at radius 2 is 2.21 bits per heavy atom. The molecule has 6 nitrogen and oxygen atoms in total. The summed E-state index contributed by atoms with van der Waals surface area (Å²) in [6.07, 6.45) is 3.79. The summed E-state index contributed by atoms with van der Waals surface area (Å²) in [5.74, 6) is 0.303. The molecule has 1 aromatic heterocycles. The standard InChI is InChI=1S/C18H22N2O4/c1-13-3-2-8-20(13)9-10-23-16-6-4-14(5-7-16)18-19-15(12-24-18)11-17(21)22/h4-7,12-13H,2-3,8-11H2,1H3,(H,21,22). The molecule has 0 amide bonds. The topological polar surface area (TPSA) is 75.8 Å². The first-order valence-electron chi connectivity index (χ1n) is 8.25. The van der Waals surface area contributed by atoms with Crippen LogP contribution in [-0.2, 0) is 11.2 Å². The Morgan fingerprint density at radius 1 is 1.42 bits per heavy atom. The molecule has 0 saturated carbocycles. The van der Waals surface area contributed by atoms with Crippen LogP contribution in [0.3, 0.4) is 0 Å². The van der Waals surface area contributed by atoms with Gasteiger partial charge in [0.15, 0.2) is 0 Å². The van der Waals surface area contributed by atoms with Crippen LogP contribution in [0.5, 0.6) is 5.75 Å². The summed E-state index contributed by atoms with van der Waals surface area (Å²) in [7, 11) is 0. The van der Waals surface area contributed by atoms with Crippen LogP contribution < -0.4 is 4.74 Å². The van der Waals surface area contributed by atoms with Gasteiger partial charge in [-0.3, -0.25) is 9.69 Å². The maximum Gasteiger partial charge on any atom is 0.309 e. The number of benzene rings is 1. The van der Waals surface area contributed by atoms with Gasteiger partial charge in [-0.2, -0.15) is 0 Å². The lowest BCUT2D eigenvalue weighted by Crippen LogP contribution is -2.31. The van der Waals surface area contributed by atoms with Crippen LogP contribution in [0, 0.1) is 0 Å². The van der Waals surface area contributed by atoms with E-state index in [1.54, 1.807) is 0 Å². The summed E-state index contributed by atoms with van der Waals surface area (Å²) in [4.78, 5) is 17.3. The van der Waals surface area contributed by atoms with E-state index in [2.05, 4.69) is 16.8 Å². The van der Waals surface area contributed by atoms with Crippen molar-refractivity contribution < 1.29 is 19.1 Å². The minimum absolute atomic E-state index is 0.139. The molecule has 1 fully saturated rings. The van der Waals surface area contributed by atoms with Crippen molar-refractivity contribution in [3.05, 3.63) is 36.2 Å². The van der Waals surface area contributed by atoms with E-state index in [0.717, 1.165) is 24.4 Å². The van der Waals surface area contributed by atoms with Gasteiger partial charge in [0, 0.05) is 18.2 Å². The van der Waals surface area contributed by atoms with Crippen LogP contribution in [0.2, 0.25) is 0 Å². The van der Waals surface area contributed by atoms with Gasteiger partial charge >= 0.3 is 5.97 Å². The Hall–Kier alpha value is -2.34. The molecule has 24 heavy (non-hydrogen) atoms. The Kier molecular flexibility index (Phi) is 5.15. The third-order valence-corrected chi connectivity index (χ3v) is 4.32. The summed E-state index contributed by atoms with van der Waals surface area (Å²) < 4.78 is 11.1. The van der Waals surface area contributed by atoms with Gasteiger partial charge in [-0.1, -0.05) is 0 Å². The third kappa shape index (κ3) is 4.14. The van der Waals surface area contributed by atoms with Gasteiger partial charge in [0.1, 0.15) is 18.6 Å². The molecule has 1 aromatic carbocycles. The van der Waals surface area contributed by atoms with E-state index in [4.69, 9.17) is 14.3 Å². The summed E-state index contributed by atoms with van der Waals surface area (Å²) >= 11 is 0. The first-order valence-corrected chi connectivity index (χ1v) is 8.25. The Morgan fingerprint density at radius 3 is 2.88 bits per heavy atom. The molecular weight excluding hydrogens is 308 g/mol. The van der Waals surface area contributed by atoms with Crippen molar-refractivity contribution in [1.82, 2.24) is 9.88 Å². The summed E-state index contributed by atoms with van der Waals surface area (Å²) in [5.41, 5.74) is 1.21. The fourth-order valence-electron chi connectivity index (χ4n) is 2.98. The Bertz CT molecular complexity index is 681. The highest BCUT2D eigenvalue weighted by molar-refractivity contribution is 5.69. The molecule has 3 rings (SSSR count). The second kappa shape index (κ2) is 7.49. The number of hydrogen-bond acceptors (Lipinski definition) is 5. The van der Waals surface area contributed by atoms with Crippen LogP contribution in [0.4, 0.5) is 0 Å². The van der Waals surface area contributed by atoms with Crippen molar-refractivity contribution >= 4 is 5.97 Å². The zero-order valence-electron chi connectivity index (χ0n) is 13.8. The predicted octanol–water partition coefficient (Wildman–Crippen LogP) is 2.83. The molecule has 2 aromatic rings. The number of carboxylic acid groups (broad SMARTS) is 1. The quantitative estimate of drug-likeness (QED) is 0.841. The van der Waals surface area contributed by atoms with Crippen molar-refractivity contribution in [3.8, 4) is 17.2 Å². The molecule has 1 saturated heterocycles. The van der Waals surface area contributed by atoms with Crippen LogP contribution in [-0.4, -0.2) is 46.7 Å². The van der Waals surface area contributed by atoms with Gasteiger partial charge in [-0.25, -0.2) is 4.98 Å². The van der Waals surface area contributed by atoms with Crippen LogP contribution in [0.25, 0.3) is 11.5 Å². The normalized spacial score (nSPS) is 18.0. The van der Waals surface area contributed by atoms with Gasteiger partial charge in [0.25, 0.3) is 0 Å². The lowest BCUT2D eigenvalue weighted by molar-refractivity contribution is -0.136. The lowest BCUT2D eigenvalue weighted by Gasteiger charge is -2.20. The highest BCUT2D eigenvalue weighted by atomic mass is 16.5. The van der Waals surface area contributed by atoms with Crippen LogP contribution in [0.1, 0.15) is 25.5 Å². The molecule has 6 heteroatoms. The van der Waals surface area contributed by atoms with Crippen molar-refractivity contribution in [2.45, 2.75) is 32.2 Å². The highest BCUT2D eigenvalue weighted by Crippen LogP contribution is 2.22. The Balaban J connectivity index is 1.53. The van der Waals surface area contributed by atoms with Crippen molar-refractivity contribution in [1.29, 1.82) is 0 Å². The van der Waals surface area contributed by atoms with E-state index >= 15 is 0 Å². The number of oxazole rings is 1. The number of ether oxygens (including phenoxy) is 1. The van der Waals surface area contributed by atoms with E-state index in [1.807, 2.05) is 24.3 Å². The zero-order valence-corrected chi connectivity index (χ0v) is 13.8. The van der Waals surface area contributed by atoms with Gasteiger partial charge < -0.3 is 14.3 Å². The van der Waals surface area contributed by atoms with Crippen LogP contribution >= 0.6 is 0 Å². The van der Waals surface area contributed by atoms with E-state index in [1.165, 1.54) is 19.1 Å². The maximum atomic E-state index is 10.7. The molecule has 0 spiro atoms. The Labute approximate surface area is 141 Å². The molecule has 0 bridgehead atoms. The second-order valence-corrected chi connectivity index (χ2v) is 6.11. The summed E-state index contributed by atoms with van der Waals surface area (Å²) in [6.45, 7) is 5.04. The smallest absolute Gasteiger partial charge is 0.309 e. The van der Waals surface area contributed by atoms with Crippen LogP contribution in [0.15, 0.2) is 34.9 Å².